The highest BCUT2D eigenvalue weighted by Gasteiger charge is 2.20. The van der Waals surface area contributed by atoms with Gasteiger partial charge in [0, 0.05) is 24.5 Å². The van der Waals surface area contributed by atoms with Gasteiger partial charge in [0.05, 0.1) is 25.0 Å². The first-order valence-corrected chi connectivity index (χ1v) is 10.0. The van der Waals surface area contributed by atoms with Crippen LogP contribution in [0.5, 0.6) is 0 Å². The lowest BCUT2D eigenvalue weighted by Gasteiger charge is -2.31. The molecule has 26 heavy (non-hydrogen) atoms. The van der Waals surface area contributed by atoms with E-state index in [1.807, 2.05) is 18.2 Å². The largest absolute Gasteiger partial charge is 0.379 e. The Morgan fingerprint density at radius 3 is 2.50 bits per heavy atom. The number of carbonyl (C=O) groups excluding carboxylic acids is 1. The van der Waals surface area contributed by atoms with E-state index in [9.17, 15) is 4.79 Å². The van der Waals surface area contributed by atoms with Gasteiger partial charge in [-0.2, -0.15) is 0 Å². The average molecular weight is 371 g/mol. The Kier molecular flexibility index (Phi) is 7.12. The number of hydrogen-bond donors (Lipinski definition) is 1. The van der Waals surface area contributed by atoms with E-state index < -0.39 is 0 Å². The quantitative estimate of drug-likeness (QED) is 0.760. The van der Waals surface area contributed by atoms with E-state index in [2.05, 4.69) is 53.5 Å². The Labute approximate surface area is 159 Å². The Morgan fingerprint density at radius 1 is 1.12 bits per heavy atom. The first kappa shape index (κ1) is 19.0. The van der Waals surface area contributed by atoms with Gasteiger partial charge in [-0.3, -0.25) is 9.69 Å². The molecule has 0 aliphatic carbocycles. The molecule has 0 saturated carbocycles. The van der Waals surface area contributed by atoms with Crippen LogP contribution < -0.4 is 5.32 Å². The molecule has 1 fully saturated rings. The summed E-state index contributed by atoms with van der Waals surface area (Å²) < 4.78 is 5.43. The lowest BCUT2D eigenvalue weighted by Crippen LogP contribution is -2.43. The number of aryl methyl sites for hydroxylation is 1. The third-order valence-electron chi connectivity index (χ3n) is 4.47. The molecular formula is C21H26N2O2S. The molecule has 0 unspecified atom stereocenters. The minimum absolute atomic E-state index is 0.000387. The number of ether oxygens (including phenoxy) is 1. The predicted molar refractivity (Wildman–Crippen MR) is 106 cm³/mol. The zero-order valence-corrected chi connectivity index (χ0v) is 16.0. The van der Waals surface area contributed by atoms with Crippen molar-refractivity contribution in [1.82, 2.24) is 10.2 Å². The van der Waals surface area contributed by atoms with Crippen LogP contribution in [0, 0.1) is 6.92 Å². The predicted octanol–water partition coefficient (Wildman–Crippen LogP) is 3.28. The number of hydrogen-bond acceptors (Lipinski definition) is 4. The van der Waals surface area contributed by atoms with Gasteiger partial charge in [0.15, 0.2) is 0 Å². The number of rotatable bonds is 7. The molecule has 138 valence electrons. The van der Waals surface area contributed by atoms with Crippen molar-refractivity contribution in [3.8, 4) is 0 Å². The Morgan fingerprint density at radius 2 is 1.81 bits per heavy atom. The molecule has 5 heteroatoms. The number of thioether (sulfide) groups is 1. The van der Waals surface area contributed by atoms with Crippen molar-refractivity contribution >= 4 is 17.7 Å². The SMILES string of the molecule is Cc1ccc(SCC(=O)N[C@H](CN2CCOCC2)c2ccccc2)cc1. The van der Waals surface area contributed by atoms with Crippen LogP contribution in [-0.2, 0) is 9.53 Å². The maximum Gasteiger partial charge on any atom is 0.230 e. The van der Waals surface area contributed by atoms with Crippen molar-refractivity contribution in [2.45, 2.75) is 17.9 Å². The van der Waals surface area contributed by atoms with Crippen LogP contribution in [0.15, 0.2) is 59.5 Å². The van der Waals surface area contributed by atoms with Crippen molar-refractivity contribution in [2.24, 2.45) is 0 Å². The van der Waals surface area contributed by atoms with Crippen LogP contribution in [0.3, 0.4) is 0 Å². The molecule has 0 radical (unpaired) electrons. The van der Waals surface area contributed by atoms with E-state index in [1.165, 1.54) is 5.56 Å². The fraction of sp³-hybridized carbons (Fsp3) is 0.381. The third kappa shape index (κ3) is 5.87. The fourth-order valence-electron chi connectivity index (χ4n) is 2.98. The Bertz CT molecular complexity index is 685. The van der Waals surface area contributed by atoms with E-state index in [0.717, 1.165) is 43.3 Å². The molecule has 1 atom stereocenters. The lowest BCUT2D eigenvalue weighted by atomic mass is 10.1. The van der Waals surface area contributed by atoms with E-state index in [1.54, 1.807) is 11.8 Å². The smallest absolute Gasteiger partial charge is 0.230 e. The average Bonchev–Trinajstić information content (AvgIpc) is 2.68. The zero-order valence-electron chi connectivity index (χ0n) is 15.2. The summed E-state index contributed by atoms with van der Waals surface area (Å²) in [6.45, 7) is 6.23. The van der Waals surface area contributed by atoms with Crippen LogP contribution in [0.4, 0.5) is 0 Å². The van der Waals surface area contributed by atoms with Crippen LogP contribution in [0.1, 0.15) is 17.2 Å². The van der Waals surface area contributed by atoms with Crippen LogP contribution >= 0.6 is 11.8 Å². The molecule has 0 spiro atoms. The molecule has 0 aromatic heterocycles. The standard InChI is InChI=1S/C21H26N2O2S/c1-17-7-9-19(10-8-17)26-16-21(24)22-20(18-5-3-2-4-6-18)15-23-11-13-25-14-12-23/h2-10,20H,11-16H2,1H3,(H,22,24)/t20-/m1/s1. The lowest BCUT2D eigenvalue weighted by molar-refractivity contribution is -0.119. The molecule has 0 bridgehead atoms. The van der Waals surface area contributed by atoms with Crippen molar-refractivity contribution < 1.29 is 9.53 Å². The molecule has 1 amide bonds. The summed E-state index contributed by atoms with van der Waals surface area (Å²) in [4.78, 5) is 16.0. The van der Waals surface area contributed by atoms with Gasteiger partial charge in [-0.05, 0) is 24.6 Å². The van der Waals surface area contributed by atoms with Gasteiger partial charge in [-0.25, -0.2) is 0 Å². The molecular weight excluding hydrogens is 344 g/mol. The molecule has 1 aliphatic rings. The molecule has 1 heterocycles. The second-order valence-electron chi connectivity index (χ2n) is 6.55. The number of benzene rings is 2. The third-order valence-corrected chi connectivity index (χ3v) is 5.48. The monoisotopic (exact) mass is 370 g/mol. The number of nitrogens with one attached hydrogen (secondary N) is 1. The summed E-state index contributed by atoms with van der Waals surface area (Å²) in [5.41, 5.74) is 2.38. The summed E-state index contributed by atoms with van der Waals surface area (Å²) in [7, 11) is 0. The summed E-state index contributed by atoms with van der Waals surface area (Å²) in [5.74, 6) is 0.493. The van der Waals surface area contributed by atoms with Gasteiger partial charge in [0.25, 0.3) is 0 Å². The van der Waals surface area contributed by atoms with Gasteiger partial charge < -0.3 is 10.1 Å². The number of amides is 1. The maximum atomic E-state index is 12.5. The van der Waals surface area contributed by atoms with Crippen molar-refractivity contribution in [2.75, 3.05) is 38.6 Å². The van der Waals surface area contributed by atoms with Crippen LogP contribution in [0.2, 0.25) is 0 Å². The fourth-order valence-corrected chi connectivity index (χ4v) is 3.69. The van der Waals surface area contributed by atoms with E-state index >= 15 is 0 Å². The minimum Gasteiger partial charge on any atom is -0.379 e. The van der Waals surface area contributed by atoms with E-state index in [0.29, 0.717) is 5.75 Å². The first-order valence-electron chi connectivity index (χ1n) is 9.04. The van der Waals surface area contributed by atoms with Crippen molar-refractivity contribution in [3.63, 3.8) is 0 Å². The highest BCUT2D eigenvalue weighted by molar-refractivity contribution is 8.00. The Hall–Kier alpha value is -1.82. The Balaban J connectivity index is 1.58. The topological polar surface area (TPSA) is 41.6 Å². The molecule has 3 rings (SSSR count). The maximum absolute atomic E-state index is 12.5. The number of nitrogens with zero attached hydrogens (tertiary/aromatic N) is 1. The highest BCUT2D eigenvalue weighted by Crippen LogP contribution is 2.19. The molecule has 1 N–H and O–H groups in total. The summed E-state index contributed by atoms with van der Waals surface area (Å²) in [5, 5.41) is 3.22. The van der Waals surface area contributed by atoms with Gasteiger partial charge in [0.2, 0.25) is 5.91 Å². The second-order valence-corrected chi connectivity index (χ2v) is 7.59. The van der Waals surface area contributed by atoms with E-state index in [-0.39, 0.29) is 11.9 Å². The van der Waals surface area contributed by atoms with E-state index in [4.69, 9.17) is 4.74 Å². The first-order chi connectivity index (χ1) is 12.7. The van der Waals surface area contributed by atoms with Gasteiger partial charge in [-0.1, -0.05) is 48.0 Å². The normalized spacial score (nSPS) is 16.2. The van der Waals surface area contributed by atoms with Gasteiger partial charge >= 0.3 is 0 Å². The number of morpholine rings is 1. The van der Waals surface area contributed by atoms with Crippen molar-refractivity contribution in [3.05, 3.63) is 65.7 Å². The number of carbonyl (C=O) groups is 1. The van der Waals surface area contributed by atoms with Crippen LogP contribution in [-0.4, -0.2) is 49.4 Å². The summed E-state index contributed by atoms with van der Waals surface area (Å²) in [6.07, 6.45) is 0. The second kappa shape index (κ2) is 9.76. The summed E-state index contributed by atoms with van der Waals surface area (Å²) >= 11 is 1.57. The highest BCUT2D eigenvalue weighted by atomic mass is 32.2. The molecule has 2 aromatic rings. The molecule has 2 aromatic carbocycles. The van der Waals surface area contributed by atoms with Crippen molar-refractivity contribution in [1.29, 1.82) is 0 Å². The summed E-state index contributed by atoms with van der Waals surface area (Å²) in [6, 6.07) is 18.5. The zero-order chi connectivity index (χ0) is 18.2. The molecule has 4 nitrogen and oxygen atoms in total. The van der Waals surface area contributed by atoms with Gasteiger partial charge in [-0.15, -0.1) is 11.8 Å². The molecule has 1 aliphatic heterocycles. The minimum atomic E-state index is 0.000387. The van der Waals surface area contributed by atoms with Gasteiger partial charge in [0.1, 0.15) is 0 Å². The molecule has 1 saturated heterocycles. The van der Waals surface area contributed by atoms with Crippen LogP contribution in [0.25, 0.3) is 0 Å².